The first-order valence-electron chi connectivity index (χ1n) is 10.9. The van der Waals surface area contributed by atoms with E-state index < -0.39 is 17.7 Å². The highest BCUT2D eigenvalue weighted by atomic mass is 16.6. The zero-order chi connectivity index (χ0) is 23.5. The standard InChI is InChI=1S/C25H27NO7/c1-4-5-10-26-22(15-6-9-18-20(13-15)33-12-11-32-18)21(24(28)25(26)29)23(27)16-7-8-17(30-2)19(14-16)31-3/h6-9,13-14,22,27H,4-5,10-12H2,1-3H3/b23-21+. The number of aliphatic hydroxyl groups is 1. The van der Waals surface area contributed by atoms with Crippen molar-refractivity contribution < 1.29 is 33.6 Å². The summed E-state index contributed by atoms with van der Waals surface area (Å²) in [6.07, 6.45) is 1.58. The number of hydrogen-bond donors (Lipinski definition) is 1. The molecule has 1 unspecified atom stereocenters. The average molecular weight is 453 g/mol. The summed E-state index contributed by atoms with van der Waals surface area (Å²) < 4.78 is 21.9. The summed E-state index contributed by atoms with van der Waals surface area (Å²) in [5.74, 6) is 0.414. The average Bonchev–Trinajstić information content (AvgIpc) is 3.11. The van der Waals surface area contributed by atoms with Gasteiger partial charge in [-0.2, -0.15) is 0 Å². The van der Waals surface area contributed by atoms with Crippen LogP contribution in [-0.2, 0) is 9.59 Å². The van der Waals surface area contributed by atoms with Gasteiger partial charge in [0.15, 0.2) is 23.0 Å². The fourth-order valence-corrected chi connectivity index (χ4v) is 4.15. The first-order valence-corrected chi connectivity index (χ1v) is 10.9. The Morgan fingerprint density at radius 2 is 1.76 bits per heavy atom. The maximum absolute atomic E-state index is 13.1. The van der Waals surface area contributed by atoms with Crippen LogP contribution in [0, 0.1) is 0 Å². The third kappa shape index (κ3) is 4.08. The molecule has 174 valence electrons. The molecule has 1 amide bonds. The third-order valence-corrected chi connectivity index (χ3v) is 5.83. The van der Waals surface area contributed by atoms with Crippen molar-refractivity contribution in [3.8, 4) is 23.0 Å². The molecule has 1 atom stereocenters. The van der Waals surface area contributed by atoms with E-state index in [9.17, 15) is 14.7 Å². The Morgan fingerprint density at radius 3 is 2.45 bits per heavy atom. The molecule has 33 heavy (non-hydrogen) atoms. The number of amides is 1. The maximum Gasteiger partial charge on any atom is 0.295 e. The second-order valence-electron chi connectivity index (χ2n) is 7.82. The summed E-state index contributed by atoms with van der Waals surface area (Å²) >= 11 is 0. The van der Waals surface area contributed by atoms with E-state index in [1.54, 1.807) is 36.4 Å². The molecule has 0 spiro atoms. The quantitative estimate of drug-likeness (QED) is 0.388. The van der Waals surface area contributed by atoms with Crippen molar-refractivity contribution in [2.45, 2.75) is 25.8 Å². The molecule has 0 aliphatic carbocycles. The smallest absolute Gasteiger partial charge is 0.295 e. The SMILES string of the molecule is CCCCN1C(=O)C(=O)/C(=C(/O)c2ccc(OC)c(OC)c2)C1c1ccc2c(c1)OCCO2. The zero-order valence-corrected chi connectivity index (χ0v) is 18.9. The Morgan fingerprint density at radius 1 is 1.03 bits per heavy atom. The lowest BCUT2D eigenvalue weighted by molar-refractivity contribution is -0.139. The Bertz CT molecular complexity index is 1110. The van der Waals surface area contributed by atoms with Crippen molar-refractivity contribution in [2.24, 2.45) is 0 Å². The van der Waals surface area contributed by atoms with Gasteiger partial charge in [0.1, 0.15) is 19.0 Å². The van der Waals surface area contributed by atoms with Crippen LogP contribution in [0.5, 0.6) is 23.0 Å². The van der Waals surface area contributed by atoms with Gasteiger partial charge in [0.05, 0.1) is 25.8 Å². The van der Waals surface area contributed by atoms with Gasteiger partial charge in [0.25, 0.3) is 11.7 Å². The Hall–Kier alpha value is -3.68. The van der Waals surface area contributed by atoms with Gasteiger partial charge in [0, 0.05) is 12.1 Å². The molecule has 2 aromatic carbocycles. The number of benzene rings is 2. The number of rotatable bonds is 7. The summed E-state index contributed by atoms with van der Waals surface area (Å²) in [7, 11) is 3.00. The molecule has 2 aliphatic heterocycles. The number of hydrogen-bond acceptors (Lipinski definition) is 7. The van der Waals surface area contributed by atoms with Crippen LogP contribution < -0.4 is 18.9 Å². The fraction of sp³-hybridized carbons (Fsp3) is 0.360. The highest BCUT2D eigenvalue weighted by molar-refractivity contribution is 6.46. The largest absolute Gasteiger partial charge is 0.507 e. The van der Waals surface area contributed by atoms with Crippen LogP contribution in [0.4, 0.5) is 0 Å². The molecule has 1 N–H and O–H groups in total. The summed E-state index contributed by atoms with van der Waals surface area (Å²) in [5, 5.41) is 11.2. The Labute approximate surface area is 192 Å². The van der Waals surface area contributed by atoms with Gasteiger partial charge in [0.2, 0.25) is 0 Å². The minimum Gasteiger partial charge on any atom is -0.507 e. The number of Topliss-reactive ketones (excluding diaryl/α,β-unsaturated/α-hetero) is 1. The number of methoxy groups -OCH3 is 2. The summed E-state index contributed by atoms with van der Waals surface area (Å²) in [6, 6.07) is 9.42. The number of aliphatic hydroxyl groups excluding tert-OH is 1. The molecule has 4 rings (SSSR count). The lowest BCUT2D eigenvalue weighted by Gasteiger charge is -2.27. The van der Waals surface area contributed by atoms with Crippen LogP contribution in [0.1, 0.15) is 36.9 Å². The molecular weight excluding hydrogens is 426 g/mol. The topological polar surface area (TPSA) is 94.5 Å². The molecule has 0 bridgehead atoms. The number of carbonyl (C=O) groups excluding carboxylic acids is 2. The van der Waals surface area contributed by atoms with Gasteiger partial charge in [-0.05, 0) is 42.3 Å². The van der Waals surface area contributed by atoms with Gasteiger partial charge < -0.3 is 29.0 Å². The third-order valence-electron chi connectivity index (χ3n) is 5.83. The number of ketones is 1. The number of carbonyl (C=O) groups is 2. The van der Waals surface area contributed by atoms with Crippen molar-refractivity contribution >= 4 is 17.4 Å². The van der Waals surface area contributed by atoms with Gasteiger partial charge in [-0.15, -0.1) is 0 Å². The molecule has 1 fully saturated rings. The summed E-state index contributed by atoms with van der Waals surface area (Å²) in [6.45, 7) is 3.28. The van der Waals surface area contributed by atoms with E-state index in [-0.39, 0.29) is 11.3 Å². The minimum absolute atomic E-state index is 0.0278. The molecule has 2 aromatic rings. The number of unbranched alkanes of at least 4 members (excludes halogenated alkanes) is 1. The van der Waals surface area contributed by atoms with Crippen molar-refractivity contribution in [1.82, 2.24) is 4.90 Å². The first-order chi connectivity index (χ1) is 16.0. The summed E-state index contributed by atoms with van der Waals surface area (Å²) in [4.78, 5) is 27.6. The van der Waals surface area contributed by atoms with Gasteiger partial charge in [-0.1, -0.05) is 19.4 Å². The van der Waals surface area contributed by atoms with E-state index in [2.05, 4.69) is 0 Å². The second kappa shape index (κ2) is 9.44. The molecule has 2 heterocycles. The highest BCUT2D eigenvalue weighted by Crippen LogP contribution is 2.43. The molecule has 8 nitrogen and oxygen atoms in total. The van der Waals surface area contributed by atoms with E-state index in [0.29, 0.717) is 53.9 Å². The van der Waals surface area contributed by atoms with E-state index in [1.165, 1.54) is 19.1 Å². The first kappa shape index (κ1) is 22.5. The number of fused-ring (bicyclic) bond motifs is 1. The number of ether oxygens (including phenoxy) is 4. The van der Waals surface area contributed by atoms with E-state index >= 15 is 0 Å². The van der Waals surface area contributed by atoms with E-state index in [4.69, 9.17) is 18.9 Å². The second-order valence-corrected chi connectivity index (χ2v) is 7.82. The number of nitrogens with zero attached hydrogens (tertiary/aromatic N) is 1. The molecule has 0 aromatic heterocycles. The van der Waals surface area contributed by atoms with Crippen LogP contribution in [0.3, 0.4) is 0 Å². The van der Waals surface area contributed by atoms with Gasteiger partial charge in [-0.25, -0.2) is 0 Å². The molecule has 0 saturated carbocycles. The van der Waals surface area contributed by atoms with Crippen LogP contribution in [0.25, 0.3) is 5.76 Å². The van der Waals surface area contributed by atoms with E-state index in [1.807, 2.05) is 6.92 Å². The van der Waals surface area contributed by atoms with Gasteiger partial charge in [-0.3, -0.25) is 9.59 Å². The molecular formula is C25H27NO7. The summed E-state index contributed by atoms with van der Waals surface area (Å²) in [5.41, 5.74) is 1.04. The van der Waals surface area contributed by atoms with Crippen LogP contribution in [0.15, 0.2) is 42.0 Å². The highest BCUT2D eigenvalue weighted by Gasteiger charge is 2.46. The lowest BCUT2D eigenvalue weighted by atomic mass is 9.94. The molecule has 8 heteroatoms. The monoisotopic (exact) mass is 453 g/mol. The molecule has 0 radical (unpaired) electrons. The van der Waals surface area contributed by atoms with E-state index in [0.717, 1.165) is 12.8 Å². The van der Waals surface area contributed by atoms with Crippen LogP contribution >= 0.6 is 0 Å². The minimum atomic E-state index is -0.750. The Kier molecular flexibility index (Phi) is 6.44. The van der Waals surface area contributed by atoms with Crippen molar-refractivity contribution in [1.29, 1.82) is 0 Å². The normalized spacial score (nSPS) is 19.0. The van der Waals surface area contributed by atoms with Crippen LogP contribution in [0.2, 0.25) is 0 Å². The lowest BCUT2D eigenvalue weighted by Crippen LogP contribution is -2.30. The Balaban J connectivity index is 1.85. The van der Waals surface area contributed by atoms with Crippen LogP contribution in [-0.4, -0.2) is 55.7 Å². The van der Waals surface area contributed by atoms with Crippen molar-refractivity contribution in [3.63, 3.8) is 0 Å². The maximum atomic E-state index is 13.1. The van der Waals surface area contributed by atoms with Gasteiger partial charge >= 0.3 is 0 Å². The molecule has 2 aliphatic rings. The van der Waals surface area contributed by atoms with Crippen molar-refractivity contribution in [3.05, 3.63) is 53.1 Å². The number of likely N-dealkylation sites (tertiary alicyclic amines) is 1. The predicted octanol–water partition coefficient (Wildman–Crippen LogP) is 3.70. The fourth-order valence-electron chi connectivity index (χ4n) is 4.15. The zero-order valence-electron chi connectivity index (χ0n) is 18.9. The molecule has 1 saturated heterocycles. The van der Waals surface area contributed by atoms with Crippen molar-refractivity contribution in [2.75, 3.05) is 34.0 Å². The predicted molar refractivity (Wildman–Crippen MR) is 121 cm³/mol.